The molecule has 112 valence electrons. The number of hydrogen-bond acceptors (Lipinski definition) is 5. The number of hydrazine groups is 1. The molecule has 1 heterocycles. The molecule has 0 aliphatic carbocycles. The van der Waals surface area contributed by atoms with E-state index in [1.807, 2.05) is 0 Å². The van der Waals surface area contributed by atoms with Gasteiger partial charge in [-0.05, 0) is 56.1 Å². The Kier molecular flexibility index (Phi) is 5.25. The first kappa shape index (κ1) is 16.7. The van der Waals surface area contributed by atoms with Gasteiger partial charge in [0.25, 0.3) is 10.0 Å². The Hall–Kier alpha value is -0.680. The van der Waals surface area contributed by atoms with E-state index in [1.54, 1.807) is 12.1 Å². The van der Waals surface area contributed by atoms with Crippen LogP contribution in [0.4, 0.5) is 11.5 Å². The summed E-state index contributed by atoms with van der Waals surface area (Å²) in [5, 5.41) is 0. The summed E-state index contributed by atoms with van der Waals surface area (Å²) in [5.74, 6) is 5.36. The molecule has 10 heteroatoms. The van der Waals surface area contributed by atoms with Crippen molar-refractivity contribution < 1.29 is 8.42 Å². The molecule has 4 N–H and O–H groups in total. The van der Waals surface area contributed by atoms with Gasteiger partial charge >= 0.3 is 0 Å². The molecule has 1 aromatic carbocycles. The third-order valence-corrected chi connectivity index (χ3v) is 5.53. The Morgan fingerprint density at radius 1 is 1.14 bits per heavy atom. The number of sulfonamides is 1. The van der Waals surface area contributed by atoms with Crippen molar-refractivity contribution in [2.75, 3.05) is 10.1 Å². The van der Waals surface area contributed by atoms with E-state index in [0.29, 0.717) is 14.6 Å². The second-order valence-corrected chi connectivity index (χ2v) is 8.12. The largest absolute Gasteiger partial charge is 0.307 e. The number of aromatic nitrogens is 1. The van der Waals surface area contributed by atoms with Crippen LogP contribution in [-0.4, -0.2) is 13.4 Å². The number of pyridine rings is 1. The van der Waals surface area contributed by atoms with E-state index >= 15 is 0 Å². The molecule has 0 fully saturated rings. The molecule has 0 radical (unpaired) electrons. The van der Waals surface area contributed by atoms with Crippen LogP contribution in [0.15, 0.2) is 48.8 Å². The van der Waals surface area contributed by atoms with E-state index < -0.39 is 10.0 Å². The molecule has 0 atom stereocenters. The lowest BCUT2D eigenvalue weighted by atomic mass is 10.3. The van der Waals surface area contributed by atoms with Crippen LogP contribution in [0.25, 0.3) is 0 Å². The molecule has 2 aromatic rings. The third kappa shape index (κ3) is 3.75. The Morgan fingerprint density at radius 2 is 1.76 bits per heavy atom. The number of nitrogens with two attached hydrogens (primary N) is 1. The van der Waals surface area contributed by atoms with Crippen molar-refractivity contribution in [2.24, 2.45) is 5.84 Å². The zero-order valence-electron chi connectivity index (χ0n) is 10.3. The molecule has 0 aliphatic heterocycles. The van der Waals surface area contributed by atoms with E-state index in [2.05, 4.69) is 62.9 Å². The maximum absolute atomic E-state index is 12.5. The SMILES string of the molecule is NNc1ncccc1S(=O)(=O)Nc1c(Br)cc(Br)cc1Br. The number of benzene rings is 1. The number of nitrogens with one attached hydrogen (secondary N) is 2. The Labute approximate surface area is 146 Å². The second-order valence-electron chi connectivity index (χ2n) is 3.84. The maximum Gasteiger partial charge on any atom is 0.265 e. The maximum atomic E-state index is 12.5. The van der Waals surface area contributed by atoms with Crippen molar-refractivity contribution in [1.82, 2.24) is 4.98 Å². The van der Waals surface area contributed by atoms with E-state index in [-0.39, 0.29) is 10.7 Å². The summed E-state index contributed by atoms with van der Waals surface area (Å²) in [6.07, 6.45) is 1.44. The van der Waals surface area contributed by atoms with Crippen LogP contribution in [0.1, 0.15) is 0 Å². The van der Waals surface area contributed by atoms with Crippen molar-refractivity contribution in [3.8, 4) is 0 Å². The highest BCUT2D eigenvalue weighted by Gasteiger charge is 2.21. The number of halogens is 3. The first-order valence-corrected chi connectivity index (χ1v) is 9.30. The lowest BCUT2D eigenvalue weighted by molar-refractivity contribution is 0.601. The average Bonchev–Trinajstić information content (AvgIpc) is 2.43. The minimum Gasteiger partial charge on any atom is -0.307 e. The Balaban J connectivity index is 2.48. The first-order chi connectivity index (χ1) is 9.85. The molecule has 0 amide bonds. The molecule has 21 heavy (non-hydrogen) atoms. The molecule has 0 aliphatic rings. The summed E-state index contributed by atoms with van der Waals surface area (Å²) < 4.78 is 29.4. The van der Waals surface area contributed by atoms with Crippen molar-refractivity contribution in [3.63, 3.8) is 0 Å². The fourth-order valence-corrected chi connectivity index (χ4v) is 5.49. The van der Waals surface area contributed by atoms with Gasteiger partial charge in [-0.2, -0.15) is 0 Å². The normalized spacial score (nSPS) is 11.2. The van der Waals surface area contributed by atoms with Crippen LogP contribution in [0, 0.1) is 0 Å². The van der Waals surface area contributed by atoms with E-state index in [1.165, 1.54) is 18.3 Å². The van der Waals surface area contributed by atoms with Gasteiger partial charge in [-0.25, -0.2) is 19.2 Å². The van der Waals surface area contributed by atoms with Crippen LogP contribution in [0.3, 0.4) is 0 Å². The van der Waals surface area contributed by atoms with Gasteiger partial charge in [0.05, 0.1) is 5.69 Å². The Bertz CT molecular complexity index is 760. The van der Waals surface area contributed by atoms with E-state index in [9.17, 15) is 8.42 Å². The van der Waals surface area contributed by atoms with Gasteiger partial charge in [-0.15, -0.1) is 0 Å². The molecular weight excluding hydrogens is 492 g/mol. The highest BCUT2D eigenvalue weighted by molar-refractivity contribution is 9.11. The highest BCUT2D eigenvalue weighted by atomic mass is 79.9. The molecule has 1 aromatic heterocycles. The fourth-order valence-electron chi connectivity index (χ4n) is 1.54. The van der Waals surface area contributed by atoms with Gasteiger partial charge in [0.2, 0.25) is 0 Å². The van der Waals surface area contributed by atoms with E-state index in [4.69, 9.17) is 5.84 Å². The molecule has 0 saturated carbocycles. The molecule has 0 spiro atoms. The lowest BCUT2D eigenvalue weighted by Crippen LogP contribution is -2.19. The fraction of sp³-hybridized carbons (Fsp3) is 0. The van der Waals surface area contributed by atoms with Crippen molar-refractivity contribution in [1.29, 1.82) is 0 Å². The lowest BCUT2D eigenvalue weighted by Gasteiger charge is -2.13. The standard InChI is InChI=1S/C11H9Br3N4O2S/c12-6-4-7(13)10(8(14)5-6)18-21(19,20)9-2-1-3-16-11(9)17-15/h1-5,18H,15H2,(H,16,17). The van der Waals surface area contributed by atoms with Gasteiger partial charge in [0, 0.05) is 19.6 Å². The minimum atomic E-state index is -3.84. The molecule has 2 rings (SSSR count). The van der Waals surface area contributed by atoms with Crippen molar-refractivity contribution in [2.45, 2.75) is 4.90 Å². The topological polar surface area (TPSA) is 97.1 Å². The quantitative estimate of drug-likeness (QED) is 0.441. The summed E-state index contributed by atoms with van der Waals surface area (Å²) in [6, 6.07) is 6.38. The zero-order chi connectivity index (χ0) is 15.6. The van der Waals surface area contributed by atoms with Crippen LogP contribution >= 0.6 is 47.8 Å². The van der Waals surface area contributed by atoms with Crippen LogP contribution in [0.5, 0.6) is 0 Å². The van der Waals surface area contributed by atoms with Gasteiger partial charge in [0.1, 0.15) is 4.90 Å². The predicted molar refractivity (Wildman–Crippen MR) is 92.4 cm³/mol. The smallest absolute Gasteiger partial charge is 0.265 e. The van der Waals surface area contributed by atoms with Crippen molar-refractivity contribution >= 4 is 69.3 Å². The first-order valence-electron chi connectivity index (χ1n) is 5.44. The summed E-state index contributed by atoms with van der Waals surface area (Å²) >= 11 is 9.95. The number of anilines is 2. The second kappa shape index (κ2) is 6.61. The van der Waals surface area contributed by atoms with Gasteiger partial charge in [0.15, 0.2) is 5.82 Å². The Morgan fingerprint density at radius 3 is 2.33 bits per heavy atom. The molecule has 0 bridgehead atoms. The van der Waals surface area contributed by atoms with Crippen LogP contribution in [-0.2, 0) is 10.0 Å². The monoisotopic (exact) mass is 498 g/mol. The number of hydrogen-bond donors (Lipinski definition) is 3. The zero-order valence-corrected chi connectivity index (χ0v) is 15.8. The number of rotatable bonds is 4. The molecule has 0 saturated heterocycles. The third-order valence-electron chi connectivity index (χ3n) is 2.44. The highest BCUT2D eigenvalue weighted by Crippen LogP contribution is 2.36. The summed E-state index contributed by atoms with van der Waals surface area (Å²) in [5.41, 5.74) is 2.64. The number of nitrogen functional groups attached to an aromatic ring is 1. The van der Waals surface area contributed by atoms with E-state index in [0.717, 1.165) is 4.47 Å². The van der Waals surface area contributed by atoms with Crippen LogP contribution < -0.4 is 16.0 Å². The van der Waals surface area contributed by atoms with Crippen molar-refractivity contribution in [3.05, 3.63) is 43.9 Å². The van der Waals surface area contributed by atoms with Gasteiger partial charge in [-0.1, -0.05) is 15.9 Å². The summed E-state index contributed by atoms with van der Waals surface area (Å²) in [6.45, 7) is 0. The van der Waals surface area contributed by atoms with Gasteiger partial charge < -0.3 is 5.43 Å². The molecule has 6 nitrogen and oxygen atoms in total. The molecular formula is C11H9Br3N4O2S. The summed E-state index contributed by atoms with van der Waals surface area (Å²) in [4.78, 5) is 3.83. The van der Waals surface area contributed by atoms with Gasteiger partial charge in [-0.3, -0.25) is 4.72 Å². The number of nitrogens with zero attached hydrogens (tertiary/aromatic N) is 1. The predicted octanol–water partition coefficient (Wildman–Crippen LogP) is 3.46. The summed E-state index contributed by atoms with van der Waals surface area (Å²) in [7, 11) is -3.84. The minimum absolute atomic E-state index is 0.0470. The average molecular weight is 501 g/mol. The van der Waals surface area contributed by atoms with Crippen LogP contribution in [0.2, 0.25) is 0 Å². The molecule has 0 unspecified atom stereocenters.